The van der Waals surface area contributed by atoms with Crippen LogP contribution in [0.2, 0.25) is 0 Å². The van der Waals surface area contributed by atoms with Crippen LogP contribution in [-0.4, -0.2) is 31.9 Å². The second-order valence-electron chi connectivity index (χ2n) is 7.27. The molecule has 7 nitrogen and oxygen atoms in total. The standard InChI is InChI=1S/C25H18N4O3/c30-24(20-14-26-21-9-5-4-8-18(20)21)29-22-11-10-17-16(13-27-23(17)28-22)12-19(25(31)32)15-6-2-1-3-7-15/h1-14,26H,(H,31,32)(H2,27,28,29,30)/b19-12+. The van der Waals surface area contributed by atoms with E-state index in [0.29, 0.717) is 28.2 Å². The van der Waals surface area contributed by atoms with Crippen LogP contribution in [0.5, 0.6) is 0 Å². The molecule has 0 saturated heterocycles. The minimum atomic E-state index is -1.01. The third-order valence-corrected chi connectivity index (χ3v) is 5.26. The van der Waals surface area contributed by atoms with Gasteiger partial charge in [-0.25, -0.2) is 9.78 Å². The van der Waals surface area contributed by atoms with Crippen LogP contribution in [0.4, 0.5) is 5.82 Å². The molecule has 0 bridgehead atoms. The van der Waals surface area contributed by atoms with E-state index < -0.39 is 5.97 Å². The summed E-state index contributed by atoms with van der Waals surface area (Å²) in [6.07, 6.45) is 4.99. The first-order chi connectivity index (χ1) is 15.6. The van der Waals surface area contributed by atoms with E-state index in [1.807, 2.05) is 30.3 Å². The SMILES string of the molecule is O=C(O)/C(=C/c1c[nH]c2nc(NC(=O)c3c[nH]c4ccccc34)ccc12)c1ccccc1. The fourth-order valence-electron chi connectivity index (χ4n) is 3.70. The summed E-state index contributed by atoms with van der Waals surface area (Å²) < 4.78 is 0. The van der Waals surface area contributed by atoms with Gasteiger partial charge in [0.05, 0.1) is 11.1 Å². The number of rotatable bonds is 5. The quantitative estimate of drug-likeness (QED) is 0.301. The predicted molar refractivity (Wildman–Crippen MR) is 124 cm³/mol. The van der Waals surface area contributed by atoms with Crippen LogP contribution in [-0.2, 0) is 4.79 Å². The number of nitrogens with one attached hydrogen (secondary N) is 3. The second-order valence-corrected chi connectivity index (χ2v) is 7.27. The fraction of sp³-hybridized carbons (Fsp3) is 0. The van der Waals surface area contributed by atoms with Crippen LogP contribution in [0.25, 0.3) is 33.6 Å². The van der Waals surface area contributed by atoms with Crippen molar-refractivity contribution in [2.45, 2.75) is 0 Å². The average molecular weight is 422 g/mol. The summed E-state index contributed by atoms with van der Waals surface area (Å²) in [6.45, 7) is 0. The van der Waals surface area contributed by atoms with E-state index in [0.717, 1.165) is 16.3 Å². The molecule has 32 heavy (non-hydrogen) atoms. The van der Waals surface area contributed by atoms with Gasteiger partial charge in [-0.3, -0.25) is 4.79 Å². The van der Waals surface area contributed by atoms with Gasteiger partial charge in [0.15, 0.2) is 0 Å². The van der Waals surface area contributed by atoms with Crippen molar-refractivity contribution in [2.75, 3.05) is 5.32 Å². The summed E-state index contributed by atoms with van der Waals surface area (Å²) in [5.41, 5.74) is 3.46. The number of carboxylic acids is 1. The van der Waals surface area contributed by atoms with Gasteiger partial charge in [0, 0.05) is 34.2 Å². The Morgan fingerprint density at radius 2 is 1.66 bits per heavy atom. The van der Waals surface area contributed by atoms with Gasteiger partial charge in [-0.1, -0.05) is 48.5 Å². The van der Waals surface area contributed by atoms with Gasteiger partial charge in [-0.05, 0) is 29.8 Å². The number of carbonyl (C=O) groups excluding carboxylic acids is 1. The maximum absolute atomic E-state index is 12.8. The Labute approximate surface area is 182 Å². The first kappa shape index (κ1) is 19.3. The van der Waals surface area contributed by atoms with Crippen LogP contribution in [0.3, 0.4) is 0 Å². The van der Waals surface area contributed by atoms with Crippen molar-refractivity contribution in [2.24, 2.45) is 0 Å². The molecule has 2 aromatic carbocycles. The highest BCUT2D eigenvalue weighted by molar-refractivity contribution is 6.21. The Kier molecular flexibility index (Phi) is 4.76. The molecule has 0 aliphatic heterocycles. The van der Waals surface area contributed by atoms with Crippen LogP contribution in [0.15, 0.2) is 79.1 Å². The van der Waals surface area contributed by atoms with E-state index in [4.69, 9.17) is 0 Å². The number of carbonyl (C=O) groups is 2. The third kappa shape index (κ3) is 3.52. The number of amides is 1. The molecule has 0 saturated carbocycles. The van der Waals surface area contributed by atoms with Gasteiger partial charge in [0.25, 0.3) is 5.91 Å². The van der Waals surface area contributed by atoms with Gasteiger partial charge >= 0.3 is 5.97 Å². The minimum absolute atomic E-state index is 0.184. The molecule has 0 unspecified atom stereocenters. The number of anilines is 1. The smallest absolute Gasteiger partial charge is 0.336 e. The molecule has 7 heteroatoms. The molecule has 0 aliphatic carbocycles. The number of aromatic nitrogens is 3. The molecule has 4 N–H and O–H groups in total. The molecule has 156 valence electrons. The second kappa shape index (κ2) is 7.88. The molecule has 0 radical (unpaired) electrons. The Bertz CT molecular complexity index is 1500. The van der Waals surface area contributed by atoms with Crippen molar-refractivity contribution in [1.82, 2.24) is 15.0 Å². The molecule has 3 heterocycles. The monoisotopic (exact) mass is 422 g/mol. The Hall–Kier alpha value is -4.65. The molecule has 5 rings (SSSR count). The first-order valence-electron chi connectivity index (χ1n) is 9.96. The maximum Gasteiger partial charge on any atom is 0.336 e. The lowest BCUT2D eigenvalue weighted by molar-refractivity contribution is -0.130. The molecule has 1 amide bonds. The summed E-state index contributed by atoms with van der Waals surface area (Å²) in [5, 5.41) is 14.1. The Morgan fingerprint density at radius 3 is 2.47 bits per heavy atom. The van der Waals surface area contributed by atoms with Crippen molar-refractivity contribution in [3.63, 3.8) is 0 Å². The lowest BCUT2D eigenvalue weighted by atomic mass is 10.0. The lowest BCUT2D eigenvalue weighted by Gasteiger charge is -2.04. The number of pyridine rings is 1. The number of aliphatic carboxylic acids is 1. The molecular weight excluding hydrogens is 404 g/mol. The highest BCUT2D eigenvalue weighted by Crippen LogP contribution is 2.25. The average Bonchev–Trinajstić information content (AvgIpc) is 3.42. The highest BCUT2D eigenvalue weighted by atomic mass is 16.4. The summed E-state index contributed by atoms with van der Waals surface area (Å²) in [4.78, 5) is 35.2. The third-order valence-electron chi connectivity index (χ3n) is 5.26. The number of H-pyrrole nitrogens is 2. The van der Waals surface area contributed by atoms with E-state index in [-0.39, 0.29) is 11.5 Å². The van der Waals surface area contributed by atoms with Crippen LogP contribution >= 0.6 is 0 Å². The number of nitrogens with zero attached hydrogens (tertiary/aromatic N) is 1. The van der Waals surface area contributed by atoms with Crippen molar-refractivity contribution < 1.29 is 14.7 Å². The lowest BCUT2D eigenvalue weighted by Crippen LogP contribution is -2.12. The molecule has 5 aromatic rings. The van der Waals surface area contributed by atoms with Crippen molar-refractivity contribution in [3.8, 4) is 0 Å². The van der Waals surface area contributed by atoms with Crippen LogP contribution in [0, 0.1) is 0 Å². The normalized spacial score (nSPS) is 11.7. The molecule has 0 atom stereocenters. The Balaban J connectivity index is 1.45. The fourth-order valence-corrected chi connectivity index (χ4v) is 3.70. The zero-order chi connectivity index (χ0) is 22.1. The van der Waals surface area contributed by atoms with Gasteiger partial charge in [-0.15, -0.1) is 0 Å². The van der Waals surface area contributed by atoms with Crippen LogP contribution < -0.4 is 5.32 Å². The van der Waals surface area contributed by atoms with Gasteiger partial charge in [-0.2, -0.15) is 0 Å². The molecular formula is C25H18N4O3. The van der Waals surface area contributed by atoms with Crippen molar-refractivity contribution >= 4 is 51.3 Å². The number of hydrogen-bond acceptors (Lipinski definition) is 3. The first-order valence-corrected chi connectivity index (χ1v) is 9.96. The minimum Gasteiger partial charge on any atom is -0.478 e. The summed E-state index contributed by atoms with van der Waals surface area (Å²) in [5.74, 6) is -0.883. The number of carboxylic acid groups (broad SMARTS) is 1. The van der Waals surface area contributed by atoms with Crippen molar-refractivity contribution in [3.05, 3.63) is 95.8 Å². The molecule has 0 aliphatic rings. The van der Waals surface area contributed by atoms with Gasteiger partial charge in [0.1, 0.15) is 11.5 Å². The molecule has 3 aromatic heterocycles. The van der Waals surface area contributed by atoms with E-state index in [2.05, 4.69) is 20.3 Å². The van der Waals surface area contributed by atoms with Crippen LogP contribution in [0.1, 0.15) is 21.5 Å². The van der Waals surface area contributed by atoms with E-state index in [9.17, 15) is 14.7 Å². The van der Waals surface area contributed by atoms with Gasteiger partial charge < -0.3 is 20.4 Å². The highest BCUT2D eigenvalue weighted by Gasteiger charge is 2.15. The molecule has 0 fully saturated rings. The summed E-state index contributed by atoms with van der Waals surface area (Å²) in [6, 6.07) is 20.0. The summed E-state index contributed by atoms with van der Waals surface area (Å²) in [7, 11) is 0. The Morgan fingerprint density at radius 1 is 0.875 bits per heavy atom. The topological polar surface area (TPSA) is 111 Å². The number of aromatic amines is 2. The van der Waals surface area contributed by atoms with Gasteiger partial charge in [0.2, 0.25) is 0 Å². The largest absolute Gasteiger partial charge is 0.478 e. The number of benzene rings is 2. The molecule has 0 spiro atoms. The van der Waals surface area contributed by atoms with E-state index >= 15 is 0 Å². The summed E-state index contributed by atoms with van der Waals surface area (Å²) >= 11 is 0. The maximum atomic E-state index is 12.8. The van der Waals surface area contributed by atoms with E-state index in [1.54, 1.807) is 54.9 Å². The zero-order valence-electron chi connectivity index (χ0n) is 16.8. The van der Waals surface area contributed by atoms with Crippen molar-refractivity contribution in [1.29, 1.82) is 0 Å². The van der Waals surface area contributed by atoms with E-state index in [1.165, 1.54) is 0 Å². The number of para-hydroxylation sites is 1. The predicted octanol–water partition coefficient (Wildman–Crippen LogP) is 4.92. The number of hydrogen-bond donors (Lipinski definition) is 4. The zero-order valence-corrected chi connectivity index (χ0v) is 16.8. The number of fused-ring (bicyclic) bond motifs is 2.